The molecule has 6 heteroatoms. The number of nitrogens with zero attached hydrogens (tertiary/aromatic N) is 2. The van der Waals surface area contributed by atoms with Crippen molar-refractivity contribution >= 4 is 21.7 Å². The number of halogens is 1. The van der Waals surface area contributed by atoms with Gasteiger partial charge < -0.3 is 10.5 Å². The van der Waals surface area contributed by atoms with Gasteiger partial charge in [0.15, 0.2) is 0 Å². The zero-order valence-electron chi connectivity index (χ0n) is 9.28. The second kappa shape index (κ2) is 6.78. The molecule has 16 heavy (non-hydrogen) atoms. The summed E-state index contributed by atoms with van der Waals surface area (Å²) in [6, 6.07) is 0. The molecular formula is C10H16BrN3O2. The highest BCUT2D eigenvalue weighted by Gasteiger charge is 2.16. The van der Waals surface area contributed by atoms with Crippen molar-refractivity contribution in [1.29, 1.82) is 0 Å². The van der Waals surface area contributed by atoms with Gasteiger partial charge in [-0.1, -0.05) is 6.92 Å². The summed E-state index contributed by atoms with van der Waals surface area (Å²) < 4.78 is 7.52. The monoisotopic (exact) mass is 289 g/mol. The van der Waals surface area contributed by atoms with E-state index in [1.807, 2.05) is 6.92 Å². The van der Waals surface area contributed by atoms with Crippen LogP contribution in [0.1, 0.15) is 23.8 Å². The summed E-state index contributed by atoms with van der Waals surface area (Å²) in [6.45, 7) is 3.62. The van der Waals surface area contributed by atoms with Crippen molar-refractivity contribution in [2.24, 2.45) is 5.73 Å². The van der Waals surface area contributed by atoms with Crippen LogP contribution in [-0.2, 0) is 11.3 Å². The van der Waals surface area contributed by atoms with Crippen LogP contribution >= 0.6 is 15.9 Å². The Balaban J connectivity index is 2.69. The molecule has 5 nitrogen and oxygen atoms in total. The molecule has 1 rings (SSSR count). The van der Waals surface area contributed by atoms with Crippen LogP contribution in [0.5, 0.6) is 0 Å². The number of hydrogen-bond donors (Lipinski definition) is 1. The Morgan fingerprint density at radius 2 is 2.44 bits per heavy atom. The average molecular weight is 290 g/mol. The first kappa shape index (κ1) is 13.3. The highest BCUT2D eigenvalue weighted by Crippen LogP contribution is 2.17. The maximum absolute atomic E-state index is 11.8. The normalized spacial score (nSPS) is 10.7. The van der Waals surface area contributed by atoms with Gasteiger partial charge in [0.1, 0.15) is 12.3 Å². The predicted octanol–water partition coefficient (Wildman–Crippen LogP) is 1.21. The summed E-state index contributed by atoms with van der Waals surface area (Å²) in [4.78, 5) is 11.8. The number of carbonyl (C=O) groups excluding carboxylic acids is 1. The Hall–Kier alpha value is -0.720. The van der Waals surface area contributed by atoms with Gasteiger partial charge in [0, 0.05) is 13.1 Å². The molecule has 0 unspecified atom stereocenters. The summed E-state index contributed by atoms with van der Waals surface area (Å²) in [5.41, 5.74) is 5.85. The molecule has 0 aliphatic rings. The lowest BCUT2D eigenvalue weighted by Gasteiger charge is -2.06. The third kappa shape index (κ3) is 3.40. The van der Waals surface area contributed by atoms with Gasteiger partial charge in [-0.15, -0.1) is 0 Å². The van der Waals surface area contributed by atoms with Gasteiger partial charge in [-0.25, -0.2) is 0 Å². The Morgan fingerprint density at radius 1 is 1.69 bits per heavy atom. The molecule has 0 spiro atoms. The van der Waals surface area contributed by atoms with Crippen LogP contribution in [0.4, 0.5) is 0 Å². The van der Waals surface area contributed by atoms with E-state index in [4.69, 9.17) is 10.5 Å². The molecule has 0 saturated carbocycles. The molecule has 0 saturated heterocycles. The number of nitrogens with two attached hydrogens (primary N) is 1. The molecule has 0 bridgehead atoms. The van der Waals surface area contributed by atoms with E-state index in [9.17, 15) is 4.79 Å². The predicted molar refractivity (Wildman–Crippen MR) is 64.4 cm³/mol. The van der Waals surface area contributed by atoms with E-state index in [2.05, 4.69) is 21.0 Å². The molecule has 0 amide bonds. The fourth-order valence-corrected chi connectivity index (χ4v) is 1.85. The minimum absolute atomic E-state index is 0.0468. The van der Waals surface area contributed by atoms with Gasteiger partial charge in [-0.2, -0.15) is 5.10 Å². The molecule has 0 aliphatic heterocycles. The second-order valence-corrected chi connectivity index (χ2v) is 4.18. The number of hydrogen-bond acceptors (Lipinski definition) is 4. The summed E-state index contributed by atoms with van der Waals surface area (Å²) in [5, 5.41) is 4.12. The van der Waals surface area contributed by atoms with Gasteiger partial charge in [0.2, 0.25) is 5.78 Å². The molecule has 2 N–H and O–H groups in total. The van der Waals surface area contributed by atoms with Crippen molar-refractivity contribution < 1.29 is 9.53 Å². The van der Waals surface area contributed by atoms with Crippen molar-refractivity contribution in [2.75, 3.05) is 19.8 Å². The van der Waals surface area contributed by atoms with Gasteiger partial charge in [0.25, 0.3) is 0 Å². The Labute approximate surface area is 103 Å². The smallest absolute Gasteiger partial charge is 0.207 e. The van der Waals surface area contributed by atoms with Crippen molar-refractivity contribution in [1.82, 2.24) is 9.78 Å². The van der Waals surface area contributed by atoms with E-state index in [-0.39, 0.29) is 12.4 Å². The molecule has 0 fully saturated rings. The van der Waals surface area contributed by atoms with Crippen LogP contribution in [-0.4, -0.2) is 35.3 Å². The standard InChI is InChI=1S/C10H16BrN3O2/c1-2-4-14-10(8(11)6-13-14)9(15)7-16-5-3-12/h6H,2-5,7,12H2,1H3. The van der Waals surface area contributed by atoms with Crippen LogP contribution in [0, 0.1) is 0 Å². The highest BCUT2D eigenvalue weighted by atomic mass is 79.9. The first-order valence-electron chi connectivity index (χ1n) is 5.23. The zero-order chi connectivity index (χ0) is 12.0. The minimum Gasteiger partial charge on any atom is -0.372 e. The number of ketones is 1. The van der Waals surface area contributed by atoms with Gasteiger partial charge in [-0.05, 0) is 22.4 Å². The SMILES string of the molecule is CCCn1ncc(Br)c1C(=O)COCCN. The van der Waals surface area contributed by atoms with E-state index in [0.717, 1.165) is 13.0 Å². The quantitative estimate of drug-likeness (QED) is 0.605. The summed E-state index contributed by atoms with van der Waals surface area (Å²) in [7, 11) is 0. The largest absolute Gasteiger partial charge is 0.372 e. The van der Waals surface area contributed by atoms with E-state index < -0.39 is 0 Å². The Bertz CT molecular complexity index is 352. The van der Waals surface area contributed by atoms with Crippen LogP contribution in [0.2, 0.25) is 0 Å². The minimum atomic E-state index is -0.0775. The molecule has 90 valence electrons. The third-order valence-electron chi connectivity index (χ3n) is 1.99. The van der Waals surface area contributed by atoms with Crippen molar-refractivity contribution in [3.8, 4) is 0 Å². The average Bonchev–Trinajstić information content (AvgIpc) is 2.61. The molecule has 1 aromatic heterocycles. The maximum Gasteiger partial charge on any atom is 0.207 e. The van der Waals surface area contributed by atoms with Gasteiger partial charge >= 0.3 is 0 Å². The van der Waals surface area contributed by atoms with E-state index in [1.165, 1.54) is 0 Å². The molecule has 0 aromatic carbocycles. The summed E-state index contributed by atoms with van der Waals surface area (Å²) in [5.74, 6) is -0.0775. The summed E-state index contributed by atoms with van der Waals surface area (Å²) >= 11 is 3.31. The van der Waals surface area contributed by atoms with E-state index >= 15 is 0 Å². The molecule has 0 aliphatic carbocycles. The number of aryl methyl sites for hydroxylation is 1. The lowest BCUT2D eigenvalue weighted by atomic mass is 10.3. The molecule has 1 aromatic rings. The Kier molecular flexibility index (Phi) is 5.65. The molecule has 1 heterocycles. The van der Waals surface area contributed by atoms with Crippen LogP contribution in [0.25, 0.3) is 0 Å². The van der Waals surface area contributed by atoms with Gasteiger partial charge in [-0.3, -0.25) is 9.48 Å². The molecule has 0 radical (unpaired) electrons. The molecular weight excluding hydrogens is 274 g/mol. The fourth-order valence-electron chi connectivity index (χ4n) is 1.34. The van der Waals surface area contributed by atoms with E-state index in [1.54, 1.807) is 10.9 Å². The van der Waals surface area contributed by atoms with Crippen LogP contribution < -0.4 is 5.73 Å². The number of Topliss-reactive ketones (excluding diaryl/α,β-unsaturated/α-hetero) is 1. The lowest BCUT2D eigenvalue weighted by Crippen LogP contribution is -2.18. The van der Waals surface area contributed by atoms with Crippen LogP contribution in [0.15, 0.2) is 10.7 Å². The highest BCUT2D eigenvalue weighted by molar-refractivity contribution is 9.10. The lowest BCUT2D eigenvalue weighted by molar-refractivity contribution is 0.0762. The van der Waals surface area contributed by atoms with E-state index in [0.29, 0.717) is 23.3 Å². The third-order valence-corrected chi connectivity index (χ3v) is 2.57. The number of carbonyl (C=O) groups is 1. The van der Waals surface area contributed by atoms with Crippen molar-refractivity contribution in [3.63, 3.8) is 0 Å². The Morgan fingerprint density at radius 3 is 3.06 bits per heavy atom. The summed E-state index contributed by atoms with van der Waals surface area (Å²) in [6.07, 6.45) is 2.56. The zero-order valence-corrected chi connectivity index (χ0v) is 10.9. The topological polar surface area (TPSA) is 70.1 Å². The number of ether oxygens (including phenoxy) is 1. The maximum atomic E-state index is 11.8. The molecule has 0 atom stereocenters. The first-order chi connectivity index (χ1) is 7.70. The number of rotatable bonds is 7. The van der Waals surface area contributed by atoms with Gasteiger partial charge in [0.05, 0.1) is 17.3 Å². The van der Waals surface area contributed by atoms with Crippen molar-refractivity contribution in [3.05, 3.63) is 16.4 Å². The number of aromatic nitrogens is 2. The fraction of sp³-hybridized carbons (Fsp3) is 0.600. The first-order valence-corrected chi connectivity index (χ1v) is 6.02. The second-order valence-electron chi connectivity index (χ2n) is 3.33. The van der Waals surface area contributed by atoms with Crippen LogP contribution in [0.3, 0.4) is 0 Å². The van der Waals surface area contributed by atoms with Crippen molar-refractivity contribution in [2.45, 2.75) is 19.9 Å².